The Morgan fingerprint density at radius 1 is 1.35 bits per heavy atom. The number of aliphatic hydroxyl groups is 1. The molecule has 1 saturated carbocycles. The van der Waals surface area contributed by atoms with E-state index in [9.17, 15) is 14.3 Å². The van der Waals surface area contributed by atoms with Crippen molar-refractivity contribution >= 4 is 16.9 Å². The van der Waals surface area contributed by atoms with Crippen LogP contribution in [0, 0.1) is 5.82 Å². The Labute approximate surface area is 134 Å². The van der Waals surface area contributed by atoms with E-state index in [0.29, 0.717) is 13.0 Å². The second kappa shape index (κ2) is 7.00. The summed E-state index contributed by atoms with van der Waals surface area (Å²) in [6.07, 6.45) is 5.68. The standard InChI is InChI=1S/C17H22FN3O2/c18-12-5-6-13-11(10-20-15(13)9-12)7-8-19-17(23)21-14-3-1-2-4-16(14)22/h5-6,9-10,14,16,20,22H,1-4,7-8H2,(H2,19,21,23). The van der Waals surface area contributed by atoms with E-state index in [1.165, 1.54) is 12.1 Å². The van der Waals surface area contributed by atoms with Gasteiger partial charge in [0, 0.05) is 23.6 Å². The van der Waals surface area contributed by atoms with Crippen molar-refractivity contribution in [3.05, 3.63) is 35.8 Å². The zero-order chi connectivity index (χ0) is 16.2. The summed E-state index contributed by atoms with van der Waals surface area (Å²) in [4.78, 5) is 14.9. The van der Waals surface area contributed by atoms with Crippen LogP contribution < -0.4 is 10.6 Å². The first-order valence-corrected chi connectivity index (χ1v) is 8.11. The molecule has 3 rings (SSSR count). The van der Waals surface area contributed by atoms with E-state index < -0.39 is 6.10 Å². The SMILES string of the molecule is O=C(NCCc1c[nH]c2cc(F)ccc12)NC1CCCCC1O. The van der Waals surface area contributed by atoms with Crippen LogP contribution in [-0.2, 0) is 6.42 Å². The van der Waals surface area contributed by atoms with Crippen LogP contribution in [0.5, 0.6) is 0 Å². The van der Waals surface area contributed by atoms with Crippen molar-refractivity contribution in [3.63, 3.8) is 0 Å². The molecule has 2 aromatic rings. The zero-order valence-corrected chi connectivity index (χ0v) is 12.9. The van der Waals surface area contributed by atoms with Gasteiger partial charge < -0.3 is 20.7 Å². The Hall–Kier alpha value is -2.08. The number of halogens is 1. The van der Waals surface area contributed by atoms with E-state index in [-0.39, 0.29) is 17.9 Å². The zero-order valence-electron chi connectivity index (χ0n) is 12.9. The highest BCUT2D eigenvalue weighted by Crippen LogP contribution is 2.20. The number of carbonyl (C=O) groups is 1. The number of fused-ring (bicyclic) bond motifs is 1. The molecule has 2 atom stereocenters. The fraction of sp³-hybridized carbons (Fsp3) is 0.471. The van der Waals surface area contributed by atoms with Crippen molar-refractivity contribution in [1.82, 2.24) is 15.6 Å². The van der Waals surface area contributed by atoms with E-state index in [1.54, 1.807) is 6.07 Å². The molecule has 0 aliphatic heterocycles. The number of benzene rings is 1. The molecule has 0 spiro atoms. The molecule has 1 aliphatic carbocycles. The quantitative estimate of drug-likeness (QED) is 0.698. The van der Waals surface area contributed by atoms with Gasteiger partial charge in [0.15, 0.2) is 0 Å². The van der Waals surface area contributed by atoms with Gasteiger partial charge in [-0.3, -0.25) is 0 Å². The Kier molecular flexibility index (Phi) is 4.81. The van der Waals surface area contributed by atoms with Crippen LogP contribution in [0.2, 0.25) is 0 Å². The summed E-state index contributed by atoms with van der Waals surface area (Å²) in [5, 5.41) is 16.5. The van der Waals surface area contributed by atoms with Crippen LogP contribution in [0.25, 0.3) is 10.9 Å². The van der Waals surface area contributed by atoms with Gasteiger partial charge in [-0.05, 0) is 43.0 Å². The third-order valence-corrected chi connectivity index (χ3v) is 4.46. The van der Waals surface area contributed by atoms with Crippen LogP contribution in [0.15, 0.2) is 24.4 Å². The summed E-state index contributed by atoms with van der Waals surface area (Å²) < 4.78 is 13.2. The number of H-pyrrole nitrogens is 1. The topological polar surface area (TPSA) is 77.2 Å². The van der Waals surface area contributed by atoms with Crippen molar-refractivity contribution in [2.75, 3.05) is 6.54 Å². The van der Waals surface area contributed by atoms with Crippen molar-refractivity contribution in [3.8, 4) is 0 Å². The van der Waals surface area contributed by atoms with E-state index in [1.807, 2.05) is 6.20 Å². The molecule has 1 aromatic heterocycles. The molecule has 1 heterocycles. The summed E-state index contributed by atoms with van der Waals surface area (Å²) in [5.41, 5.74) is 1.80. The highest BCUT2D eigenvalue weighted by Gasteiger charge is 2.24. The number of carbonyl (C=O) groups excluding carboxylic acids is 1. The van der Waals surface area contributed by atoms with Gasteiger partial charge in [0.2, 0.25) is 0 Å². The van der Waals surface area contributed by atoms with E-state index >= 15 is 0 Å². The van der Waals surface area contributed by atoms with Gasteiger partial charge in [-0.1, -0.05) is 12.8 Å². The molecular weight excluding hydrogens is 297 g/mol. The number of aromatic amines is 1. The van der Waals surface area contributed by atoms with Crippen molar-refractivity contribution in [2.24, 2.45) is 0 Å². The summed E-state index contributed by atoms with van der Waals surface area (Å²) in [5.74, 6) is -0.269. The average Bonchev–Trinajstić information content (AvgIpc) is 2.92. The number of urea groups is 1. The van der Waals surface area contributed by atoms with Crippen LogP contribution in [0.1, 0.15) is 31.2 Å². The maximum absolute atomic E-state index is 13.2. The number of amides is 2. The molecule has 1 fully saturated rings. The number of aromatic nitrogens is 1. The Morgan fingerprint density at radius 2 is 2.17 bits per heavy atom. The molecule has 124 valence electrons. The second-order valence-electron chi connectivity index (χ2n) is 6.11. The lowest BCUT2D eigenvalue weighted by atomic mass is 9.93. The van der Waals surface area contributed by atoms with E-state index in [2.05, 4.69) is 15.6 Å². The maximum Gasteiger partial charge on any atom is 0.315 e. The molecule has 1 aromatic carbocycles. The van der Waals surface area contributed by atoms with E-state index in [4.69, 9.17) is 0 Å². The summed E-state index contributed by atoms with van der Waals surface area (Å²) in [6, 6.07) is 4.24. The molecule has 0 radical (unpaired) electrons. The molecule has 2 unspecified atom stereocenters. The minimum atomic E-state index is -0.446. The fourth-order valence-corrected chi connectivity index (χ4v) is 3.18. The summed E-state index contributed by atoms with van der Waals surface area (Å²) in [6.45, 7) is 0.485. The van der Waals surface area contributed by atoms with Gasteiger partial charge in [0.05, 0.1) is 12.1 Å². The first-order valence-electron chi connectivity index (χ1n) is 8.11. The monoisotopic (exact) mass is 319 g/mol. The molecular formula is C17H22FN3O2. The van der Waals surface area contributed by atoms with Crippen molar-refractivity contribution < 1.29 is 14.3 Å². The minimum Gasteiger partial charge on any atom is -0.391 e. The molecule has 5 nitrogen and oxygen atoms in total. The predicted molar refractivity (Wildman–Crippen MR) is 86.8 cm³/mol. The Morgan fingerprint density at radius 3 is 3.00 bits per heavy atom. The maximum atomic E-state index is 13.2. The van der Waals surface area contributed by atoms with Crippen LogP contribution in [-0.4, -0.2) is 34.8 Å². The van der Waals surface area contributed by atoms with Crippen molar-refractivity contribution in [1.29, 1.82) is 0 Å². The third kappa shape index (κ3) is 3.82. The molecule has 23 heavy (non-hydrogen) atoms. The number of aliphatic hydroxyl groups excluding tert-OH is 1. The number of rotatable bonds is 4. The van der Waals surface area contributed by atoms with Gasteiger partial charge in [-0.15, -0.1) is 0 Å². The van der Waals surface area contributed by atoms with E-state index in [0.717, 1.165) is 42.1 Å². The average molecular weight is 319 g/mol. The Bertz CT molecular complexity index is 686. The predicted octanol–water partition coefficient (Wildman–Crippen LogP) is 2.45. The first kappa shape index (κ1) is 15.8. The van der Waals surface area contributed by atoms with Crippen LogP contribution in [0.4, 0.5) is 9.18 Å². The normalized spacial score (nSPS) is 21.3. The highest BCUT2D eigenvalue weighted by molar-refractivity contribution is 5.83. The van der Waals surface area contributed by atoms with Crippen LogP contribution >= 0.6 is 0 Å². The smallest absolute Gasteiger partial charge is 0.315 e. The first-order chi connectivity index (χ1) is 11.1. The third-order valence-electron chi connectivity index (χ3n) is 4.46. The van der Waals surface area contributed by atoms with Gasteiger partial charge in [-0.2, -0.15) is 0 Å². The fourth-order valence-electron chi connectivity index (χ4n) is 3.18. The number of hydrogen-bond donors (Lipinski definition) is 4. The summed E-state index contributed by atoms with van der Waals surface area (Å²) >= 11 is 0. The molecule has 6 heteroatoms. The van der Waals surface area contributed by atoms with Gasteiger partial charge >= 0.3 is 6.03 Å². The highest BCUT2D eigenvalue weighted by atomic mass is 19.1. The van der Waals surface area contributed by atoms with Crippen molar-refractivity contribution in [2.45, 2.75) is 44.2 Å². The molecule has 1 aliphatic rings. The minimum absolute atomic E-state index is 0.153. The largest absolute Gasteiger partial charge is 0.391 e. The molecule has 4 N–H and O–H groups in total. The number of hydrogen-bond acceptors (Lipinski definition) is 2. The molecule has 0 saturated heterocycles. The second-order valence-corrected chi connectivity index (χ2v) is 6.11. The molecule has 2 amide bonds. The lowest BCUT2D eigenvalue weighted by molar-refractivity contribution is 0.0943. The number of nitrogens with one attached hydrogen (secondary N) is 3. The van der Waals surface area contributed by atoms with Gasteiger partial charge in [-0.25, -0.2) is 9.18 Å². The van der Waals surface area contributed by atoms with Gasteiger partial charge in [0.1, 0.15) is 5.82 Å². The lowest BCUT2D eigenvalue weighted by Crippen LogP contribution is -2.49. The summed E-state index contributed by atoms with van der Waals surface area (Å²) in [7, 11) is 0. The molecule has 0 bridgehead atoms. The Balaban J connectivity index is 1.49. The van der Waals surface area contributed by atoms with Gasteiger partial charge in [0.25, 0.3) is 0 Å². The van der Waals surface area contributed by atoms with Crippen LogP contribution in [0.3, 0.4) is 0 Å². The lowest BCUT2D eigenvalue weighted by Gasteiger charge is -2.28.